The summed E-state index contributed by atoms with van der Waals surface area (Å²) in [6, 6.07) is 7.83. The first-order valence-corrected chi connectivity index (χ1v) is 6.60. The van der Waals surface area contributed by atoms with Crippen molar-refractivity contribution in [2.75, 3.05) is 11.9 Å². The smallest absolute Gasteiger partial charge is 0.213 e. The van der Waals surface area contributed by atoms with Gasteiger partial charge in [0.25, 0.3) is 0 Å². The fourth-order valence-electron chi connectivity index (χ4n) is 2.07. The first-order chi connectivity index (χ1) is 9.86. The summed E-state index contributed by atoms with van der Waals surface area (Å²) in [6.07, 6.45) is 5.54. The van der Waals surface area contributed by atoms with E-state index in [-0.39, 0.29) is 0 Å². The van der Waals surface area contributed by atoms with E-state index in [0.717, 1.165) is 23.3 Å². The van der Waals surface area contributed by atoms with Gasteiger partial charge in [0.2, 0.25) is 5.88 Å². The van der Waals surface area contributed by atoms with Crippen LogP contribution in [-0.2, 0) is 6.54 Å². The van der Waals surface area contributed by atoms with Crippen LogP contribution in [0.2, 0.25) is 0 Å². The molecular formula is C15H16N4O. The number of rotatable bonds is 5. The Morgan fingerprint density at radius 2 is 2.20 bits per heavy atom. The van der Waals surface area contributed by atoms with Crippen molar-refractivity contribution in [2.24, 2.45) is 0 Å². The van der Waals surface area contributed by atoms with Crippen LogP contribution < -0.4 is 10.1 Å². The number of hydrogen-bond acceptors (Lipinski definition) is 4. The van der Waals surface area contributed by atoms with Gasteiger partial charge >= 0.3 is 0 Å². The van der Waals surface area contributed by atoms with Gasteiger partial charge in [-0.2, -0.15) is 0 Å². The molecule has 102 valence electrons. The zero-order valence-electron chi connectivity index (χ0n) is 11.3. The highest BCUT2D eigenvalue weighted by Gasteiger charge is 2.03. The molecule has 3 aromatic rings. The molecule has 3 rings (SSSR count). The minimum absolute atomic E-state index is 0.627. The summed E-state index contributed by atoms with van der Waals surface area (Å²) in [5, 5.41) is 4.48. The number of hydrogen-bond donors (Lipinski definition) is 2. The van der Waals surface area contributed by atoms with Crippen molar-refractivity contribution in [1.29, 1.82) is 0 Å². The van der Waals surface area contributed by atoms with Gasteiger partial charge in [-0.3, -0.25) is 0 Å². The minimum Gasteiger partial charge on any atom is -0.478 e. The number of aromatic nitrogens is 3. The summed E-state index contributed by atoms with van der Waals surface area (Å²) in [7, 11) is 0. The number of H-pyrrole nitrogens is 1. The molecule has 2 N–H and O–H groups in total. The summed E-state index contributed by atoms with van der Waals surface area (Å²) < 4.78 is 5.32. The molecule has 5 nitrogen and oxygen atoms in total. The molecule has 0 aliphatic heterocycles. The normalized spacial score (nSPS) is 10.7. The summed E-state index contributed by atoms with van der Waals surface area (Å²) in [5.74, 6) is 0.648. The van der Waals surface area contributed by atoms with Gasteiger partial charge < -0.3 is 15.0 Å². The molecule has 3 aromatic heterocycles. The number of ether oxygens (including phenoxy) is 1. The van der Waals surface area contributed by atoms with Crippen molar-refractivity contribution >= 4 is 16.7 Å². The van der Waals surface area contributed by atoms with Gasteiger partial charge in [0.15, 0.2) is 0 Å². The summed E-state index contributed by atoms with van der Waals surface area (Å²) in [5.41, 5.74) is 3.06. The molecule has 3 heterocycles. The highest BCUT2D eigenvalue weighted by atomic mass is 16.5. The second-order valence-corrected chi connectivity index (χ2v) is 4.39. The molecule has 0 saturated heterocycles. The molecule has 0 aliphatic carbocycles. The summed E-state index contributed by atoms with van der Waals surface area (Å²) >= 11 is 0. The number of anilines is 1. The Morgan fingerprint density at radius 1 is 1.25 bits per heavy atom. The van der Waals surface area contributed by atoms with E-state index in [4.69, 9.17) is 4.74 Å². The van der Waals surface area contributed by atoms with Crippen LogP contribution >= 0.6 is 0 Å². The van der Waals surface area contributed by atoms with Crippen LogP contribution in [0.15, 0.2) is 42.9 Å². The number of aromatic amines is 1. The Morgan fingerprint density at radius 3 is 3.00 bits per heavy atom. The quantitative estimate of drug-likeness (QED) is 0.746. The third kappa shape index (κ3) is 2.56. The molecule has 0 aliphatic rings. The highest BCUT2D eigenvalue weighted by molar-refractivity contribution is 5.79. The fourth-order valence-corrected chi connectivity index (χ4v) is 2.07. The van der Waals surface area contributed by atoms with Gasteiger partial charge in [-0.1, -0.05) is 0 Å². The standard InChI is InChI=1S/C15H16N4O/c1-2-20-14-6-5-12(10-18-14)17-8-11-9-19-15-13(11)4-3-7-16-15/h3-7,9-10,17H,2,8H2,1H3,(H,16,19). The van der Waals surface area contributed by atoms with Crippen LogP contribution in [0.4, 0.5) is 5.69 Å². The molecule has 0 spiro atoms. The lowest BCUT2D eigenvalue weighted by Crippen LogP contribution is -2.00. The first kappa shape index (κ1) is 12.5. The van der Waals surface area contributed by atoms with Crippen molar-refractivity contribution in [3.63, 3.8) is 0 Å². The maximum atomic E-state index is 5.32. The van der Waals surface area contributed by atoms with Crippen molar-refractivity contribution in [1.82, 2.24) is 15.0 Å². The Kier molecular flexibility index (Phi) is 3.50. The topological polar surface area (TPSA) is 62.8 Å². The maximum Gasteiger partial charge on any atom is 0.213 e. The van der Waals surface area contributed by atoms with E-state index in [1.807, 2.05) is 31.3 Å². The van der Waals surface area contributed by atoms with Crippen LogP contribution in [0.1, 0.15) is 12.5 Å². The monoisotopic (exact) mass is 268 g/mol. The van der Waals surface area contributed by atoms with Crippen LogP contribution in [0.25, 0.3) is 11.0 Å². The lowest BCUT2D eigenvalue weighted by molar-refractivity contribution is 0.327. The average molecular weight is 268 g/mol. The molecule has 0 atom stereocenters. The third-order valence-corrected chi connectivity index (χ3v) is 3.05. The van der Waals surface area contributed by atoms with Crippen molar-refractivity contribution in [3.05, 3.63) is 48.4 Å². The van der Waals surface area contributed by atoms with E-state index in [0.29, 0.717) is 12.5 Å². The predicted octanol–water partition coefficient (Wildman–Crippen LogP) is 2.97. The molecule has 0 amide bonds. The molecule has 0 radical (unpaired) electrons. The second-order valence-electron chi connectivity index (χ2n) is 4.39. The van der Waals surface area contributed by atoms with E-state index >= 15 is 0 Å². The summed E-state index contributed by atoms with van der Waals surface area (Å²) in [4.78, 5) is 11.7. The molecular weight excluding hydrogens is 252 g/mol. The average Bonchev–Trinajstić information content (AvgIpc) is 2.90. The van der Waals surface area contributed by atoms with Crippen LogP contribution in [0.3, 0.4) is 0 Å². The van der Waals surface area contributed by atoms with Gasteiger partial charge in [-0.25, -0.2) is 9.97 Å². The maximum absolute atomic E-state index is 5.32. The van der Waals surface area contributed by atoms with Gasteiger partial charge in [-0.05, 0) is 30.7 Å². The summed E-state index contributed by atoms with van der Waals surface area (Å²) in [6.45, 7) is 3.29. The third-order valence-electron chi connectivity index (χ3n) is 3.05. The highest BCUT2D eigenvalue weighted by Crippen LogP contribution is 2.18. The van der Waals surface area contributed by atoms with Crippen LogP contribution in [0.5, 0.6) is 5.88 Å². The van der Waals surface area contributed by atoms with Gasteiger partial charge in [0, 0.05) is 30.4 Å². The molecule has 0 unspecified atom stereocenters. The predicted molar refractivity (Wildman–Crippen MR) is 78.8 cm³/mol. The zero-order valence-corrected chi connectivity index (χ0v) is 11.3. The SMILES string of the molecule is CCOc1ccc(NCc2c[nH]c3ncccc23)cn1. The molecule has 20 heavy (non-hydrogen) atoms. The second kappa shape index (κ2) is 5.61. The number of nitrogens with one attached hydrogen (secondary N) is 2. The van der Waals surface area contributed by atoms with E-state index in [2.05, 4.69) is 26.3 Å². The number of nitrogens with zero attached hydrogens (tertiary/aromatic N) is 2. The lowest BCUT2D eigenvalue weighted by atomic mass is 10.2. The van der Waals surface area contributed by atoms with E-state index in [9.17, 15) is 0 Å². The van der Waals surface area contributed by atoms with Crippen molar-refractivity contribution < 1.29 is 4.74 Å². The van der Waals surface area contributed by atoms with Crippen molar-refractivity contribution in [2.45, 2.75) is 13.5 Å². The molecule has 5 heteroatoms. The Hall–Kier alpha value is -2.56. The Bertz CT molecular complexity index is 690. The fraction of sp³-hybridized carbons (Fsp3) is 0.200. The zero-order chi connectivity index (χ0) is 13.8. The molecule has 0 fully saturated rings. The Balaban J connectivity index is 1.69. The molecule has 0 aromatic carbocycles. The van der Waals surface area contributed by atoms with Crippen LogP contribution in [0, 0.1) is 0 Å². The largest absolute Gasteiger partial charge is 0.478 e. The Labute approximate surface area is 117 Å². The van der Waals surface area contributed by atoms with E-state index in [1.54, 1.807) is 12.4 Å². The van der Waals surface area contributed by atoms with Crippen LogP contribution in [-0.4, -0.2) is 21.6 Å². The van der Waals surface area contributed by atoms with Crippen molar-refractivity contribution in [3.8, 4) is 5.88 Å². The van der Waals surface area contributed by atoms with Gasteiger partial charge in [0.1, 0.15) is 5.65 Å². The number of fused-ring (bicyclic) bond motifs is 1. The first-order valence-electron chi connectivity index (χ1n) is 6.60. The van der Waals surface area contributed by atoms with E-state index in [1.165, 1.54) is 5.56 Å². The lowest BCUT2D eigenvalue weighted by Gasteiger charge is -2.06. The molecule has 0 saturated carbocycles. The van der Waals surface area contributed by atoms with Gasteiger partial charge in [-0.15, -0.1) is 0 Å². The van der Waals surface area contributed by atoms with E-state index < -0.39 is 0 Å². The number of pyridine rings is 2. The molecule has 0 bridgehead atoms. The van der Waals surface area contributed by atoms with Gasteiger partial charge in [0.05, 0.1) is 18.5 Å². The minimum atomic E-state index is 0.627.